The molecule has 2 aliphatic rings. The van der Waals surface area contributed by atoms with Crippen molar-refractivity contribution in [3.63, 3.8) is 0 Å². The fraction of sp³-hybridized carbons (Fsp3) is 1.00. The summed E-state index contributed by atoms with van der Waals surface area (Å²) in [4.78, 5) is 0. The van der Waals surface area contributed by atoms with Gasteiger partial charge in [0.05, 0.1) is 17.5 Å². The van der Waals surface area contributed by atoms with Gasteiger partial charge in [-0.1, -0.05) is 19.3 Å². The van der Waals surface area contributed by atoms with Gasteiger partial charge in [0.25, 0.3) is 0 Å². The molecule has 2 fully saturated rings. The molecule has 100 valence electrons. The first kappa shape index (κ1) is 13.6. The fourth-order valence-electron chi connectivity index (χ4n) is 2.92. The Hall–Kier alpha value is 0.200. The second kappa shape index (κ2) is 5.89. The lowest BCUT2D eigenvalue weighted by Crippen LogP contribution is -2.31. The van der Waals surface area contributed by atoms with E-state index in [0.29, 0.717) is 18.9 Å². The molecule has 17 heavy (non-hydrogen) atoms. The fourth-order valence-corrected chi connectivity index (χ4v) is 4.29. The Bertz CT molecular complexity index is 328. The highest BCUT2D eigenvalue weighted by molar-refractivity contribution is 8.14. The van der Waals surface area contributed by atoms with Gasteiger partial charge >= 0.3 is 0 Å². The molecule has 2 rings (SSSR count). The molecule has 5 heteroatoms. The number of rotatable bonds is 3. The van der Waals surface area contributed by atoms with Crippen molar-refractivity contribution in [1.82, 2.24) is 0 Å². The van der Waals surface area contributed by atoms with Crippen LogP contribution in [0, 0.1) is 0 Å². The quantitative estimate of drug-likeness (QED) is 0.746. The lowest BCUT2D eigenvalue weighted by Gasteiger charge is -2.31. The first-order valence-electron chi connectivity index (χ1n) is 6.64. The van der Waals surface area contributed by atoms with Gasteiger partial charge in [-0.2, -0.15) is 0 Å². The van der Waals surface area contributed by atoms with Gasteiger partial charge in [0, 0.05) is 10.7 Å². The number of ether oxygens (including phenoxy) is 1. The minimum atomic E-state index is -3.37. The van der Waals surface area contributed by atoms with Crippen LogP contribution in [0.2, 0.25) is 0 Å². The summed E-state index contributed by atoms with van der Waals surface area (Å²) in [5, 5.41) is -0.352. The Kier molecular flexibility index (Phi) is 4.72. The van der Waals surface area contributed by atoms with Gasteiger partial charge in [-0.25, -0.2) is 8.42 Å². The number of hydrogen-bond acceptors (Lipinski definition) is 3. The van der Waals surface area contributed by atoms with Gasteiger partial charge in [0.15, 0.2) is 0 Å². The Morgan fingerprint density at radius 1 is 0.824 bits per heavy atom. The minimum absolute atomic E-state index is 0.257. The minimum Gasteiger partial charge on any atom is -0.375 e. The molecule has 0 radical (unpaired) electrons. The molecule has 0 bridgehead atoms. The van der Waals surface area contributed by atoms with Crippen LogP contribution in [0.25, 0.3) is 0 Å². The van der Waals surface area contributed by atoms with E-state index in [9.17, 15) is 8.42 Å². The molecule has 2 saturated carbocycles. The van der Waals surface area contributed by atoms with E-state index in [0.717, 1.165) is 12.8 Å². The topological polar surface area (TPSA) is 43.4 Å². The van der Waals surface area contributed by atoms with Crippen LogP contribution in [0.15, 0.2) is 0 Å². The molecule has 0 aromatic carbocycles. The van der Waals surface area contributed by atoms with E-state index in [-0.39, 0.29) is 11.4 Å². The zero-order chi connectivity index (χ0) is 12.3. The van der Waals surface area contributed by atoms with E-state index in [2.05, 4.69) is 0 Å². The maximum absolute atomic E-state index is 11.2. The predicted molar refractivity (Wildman–Crippen MR) is 68.8 cm³/mol. The summed E-state index contributed by atoms with van der Waals surface area (Å²) < 4.78 is 28.5. The molecule has 0 N–H and O–H groups in total. The van der Waals surface area contributed by atoms with Gasteiger partial charge in [-0.15, -0.1) is 0 Å². The van der Waals surface area contributed by atoms with Crippen molar-refractivity contribution in [1.29, 1.82) is 0 Å². The molecule has 0 aromatic rings. The monoisotopic (exact) mass is 280 g/mol. The van der Waals surface area contributed by atoms with E-state index in [1.165, 1.54) is 32.1 Å². The van der Waals surface area contributed by atoms with Crippen LogP contribution in [0.4, 0.5) is 0 Å². The summed E-state index contributed by atoms with van der Waals surface area (Å²) in [5.41, 5.74) is 0. The number of hydrogen-bond donors (Lipinski definition) is 0. The first-order valence-corrected chi connectivity index (χ1v) is 9.02. The Balaban J connectivity index is 1.75. The third-order valence-corrected chi connectivity index (χ3v) is 5.98. The lowest BCUT2D eigenvalue weighted by atomic mass is 9.94. The molecule has 0 aliphatic heterocycles. The highest BCUT2D eigenvalue weighted by Gasteiger charge is 2.31. The SMILES string of the molecule is O=S(=O)(Cl)C1CCC(OC2CCCCC2)CC1. The summed E-state index contributed by atoms with van der Waals surface area (Å²) >= 11 is 0. The standard InChI is InChI=1S/C12H21ClO3S/c13-17(14,15)12-8-6-11(7-9-12)16-10-4-2-1-3-5-10/h10-12H,1-9H2. The van der Waals surface area contributed by atoms with Crippen LogP contribution in [0.3, 0.4) is 0 Å². The molecule has 3 nitrogen and oxygen atoms in total. The molecular weight excluding hydrogens is 260 g/mol. The van der Waals surface area contributed by atoms with Gasteiger partial charge in [-0.05, 0) is 38.5 Å². The van der Waals surface area contributed by atoms with E-state index >= 15 is 0 Å². The predicted octanol–water partition coefficient (Wildman–Crippen LogP) is 3.22. The number of halogens is 1. The van der Waals surface area contributed by atoms with Gasteiger partial charge in [-0.3, -0.25) is 0 Å². The van der Waals surface area contributed by atoms with Gasteiger partial charge in [0.2, 0.25) is 9.05 Å². The molecule has 0 amide bonds. The van der Waals surface area contributed by atoms with Crippen LogP contribution in [-0.2, 0) is 13.8 Å². The summed E-state index contributed by atoms with van der Waals surface area (Å²) in [6.07, 6.45) is 9.89. The van der Waals surface area contributed by atoms with Gasteiger partial charge < -0.3 is 4.74 Å². The maximum Gasteiger partial charge on any atom is 0.235 e. The molecule has 0 atom stereocenters. The largest absolute Gasteiger partial charge is 0.375 e. The highest BCUT2D eigenvalue weighted by atomic mass is 35.7. The van der Waals surface area contributed by atoms with E-state index in [4.69, 9.17) is 15.4 Å². The zero-order valence-electron chi connectivity index (χ0n) is 10.1. The van der Waals surface area contributed by atoms with Crippen LogP contribution in [0.5, 0.6) is 0 Å². The van der Waals surface area contributed by atoms with Crippen LogP contribution < -0.4 is 0 Å². The Morgan fingerprint density at radius 2 is 1.35 bits per heavy atom. The van der Waals surface area contributed by atoms with E-state index in [1.54, 1.807) is 0 Å². The third-order valence-electron chi connectivity index (χ3n) is 3.96. The molecular formula is C12H21ClO3S. The van der Waals surface area contributed by atoms with Crippen molar-refractivity contribution in [3.05, 3.63) is 0 Å². The van der Waals surface area contributed by atoms with Crippen LogP contribution >= 0.6 is 10.7 Å². The molecule has 0 unspecified atom stereocenters. The highest BCUT2D eigenvalue weighted by Crippen LogP contribution is 2.30. The molecule has 0 heterocycles. The average Bonchev–Trinajstić information content (AvgIpc) is 2.30. The second-order valence-corrected chi connectivity index (χ2v) is 8.18. The van der Waals surface area contributed by atoms with E-state index < -0.39 is 9.05 Å². The first-order chi connectivity index (χ1) is 8.05. The molecule has 2 aliphatic carbocycles. The smallest absolute Gasteiger partial charge is 0.235 e. The molecule has 0 spiro atoms. The van der Waals surface area contributed by atoms with Crippen LogP contribution in [-0.4, -0.2) is 25.9 Å². The van der Waals surface area contributed by atoms with Crippen molar-refractivity contribution < 1.29 is 13.2 Å². The Morgan fingerprint density at radius 3 is 1.88 bits per heavy atom. The normalized spacial score (nSPS) is 32.5. The lowest BCUT2D eigenvalue weighted by molar-refractivity contribution is -0.0445. The average molecular weight is 281 g/mol. The molecule has 0 saturated heterocycles. The summed E-state index contributed by atoms with van der Waals surface area (Å²) in [5.74, 6) is 0. The van der Waals surface area contributed by atoms with Crippen molar-refractivity contribution in [2.45, 2.75) is 75.2 Å². The second-order valence-electron chi connectivity index (χ2n) is 5.27. The van der Waals surface area contributed by atoms with Crippen molar-refractivity contribution in [2.24, 2.45) is 0 Å². The van der Waals surface area contributed by atoms with Crippen molar-refractivity contribution >= 4 is 19.7 Å². The Labute approximate surface area is 108 Å². The maximum atomic E-state index is 11.2. The molecule has 0 aromatic heterocycles. The van der Waals surface area contributed by atoms with Crippen molar-refractivity contribution in [2.75, 3.05) is 0 Å². The third kappa shape index (κ3) is 4.11. The zero-order valence-corrected chi connectivity index (χ0v) is 11.7. The van der Waals surface area contributed by atoms with Gasteiger partial charge in [0.1, 0.15) is 0 Å². The summed E-state index contributed by atoms with van der Waals surface area (Å²) in [6, 6.07) is 0. The summed E-state index contributed by atoms with van der Waals surface area (Å²) in [7, 11) is 2.02. The van der Waals surface area contributed by atoms with E-state index in [1.807, 2.05) is 0 Å². The van der Waals surface area contributed by atoms with Crippen LogP contribution in [0.1, 0.15) is 57.8 Å². The van der Waals surface area contributed by atoms with Crippen molar-refractivity contribution in [3.8, 4) is 0 Å². The summed E-state index contributed by atoms with van der Waals surface area (Å²) in [6.45, 7) is 0.